The average molecular weight is 392 g/mol. The number of halogens is 1. The molecule has 2 heterocycles. The van der Waals surface area contributed by atoms with Crippen LogP contribution in [0.3, 0.4) is 0 Å². The summed E-state index contributed by atoms with van der Waals surface area (Å²) in [6.07, 6.45) is 4.14. The van der Waals surface area contributed by atoms with Gasteiger partial charge in [-0.2, -0.15) is 0 Å². The Morgan fingerprint density at radius 2 is 2.04 bits per heavy atom. The van der Waals surface area contributed by atoms with Gasteiger partial charge in [-0.05, 0) is 37.5 Å². The van der Waals surface area contributed by atoms with Crippen LogP contribution < -0.4 is 10.6 Å². The quantitative estimate of drug-likeness (QED) is 0.605. The summed E-state index contributed by atoms with van der Waals surface area (Å²) < 4.78 is 0. The number of aromatic nitrogens is 1. The fourth-order valence-corrected chi connectivity index (χ4v) is 3.97. The van der Waals surface area contributed by atoms with Crippen LogP contribution in [0.15, 0.2) is 35.5 Å². The zero-order chi connectivity index (χ0) is 18.4. The van der Waals surface area contributed by atoms with Crippen LogP contribution in [0.2, 0.25) is 5.02 Å². The molecule has 7 heteroatoms. The lowest BCUT2D eigenvalue weighted by Crippen LogP contribution is -2.48. The van der Waals surface area contributed by atoms with Gasteiger partial charge in [0.2, 0.25) is 0 Å². The molecule has 140 valence electrons. The minimum absolute atomic E-state index is 0.459. The second kappa shape index (κ2) is 9.35. The summed E-state index contributed by atoms with van der Waals surface area (Å²) in [4.78, 5) is 12.5. The molecule has 3 rings (SSSR count). The van der Waals surface area contributed by atoms with Gasteiger partial charge in [0.15, 0.2) is 5.96 Å². The Bertz CT molecular complexity index is 720. The van der Waals surface area contributed by atoms with Gasteiger partial charge in [-0.25, -0.2) is 4.98 Å². The number of likely N-dealkylation sites (tertiary alicyclic amines) is 1. The molecule has 0 radical (unpaired) electrons. The summed E-state index contributed by atoms with van der Waals surface area (Å²) in [5, 5.41) is 8.79. The van der Waals surface area contributed by atoms with Crippen molar-refractivity contribution in [2.45, 2.75) is 38.9 Å². The Morgan fingerprint density at radius 1 is 1.31 bits per heavy atom. The summed E-state index contributed by atoms with van der Waals surface area (Å²) in [5.41, 5.74) is 1.32. The van der Waals surface area contributed by atoms with E-state index in [4.69, 9.17) is 11.6 Å². The van der Waals surface area contributed by atoms with Crippen LogP contribution in [0.5, 0.6) is 0 Å². The summed E-state index contributed by atoms with van der Waals surface area (Å²) in [6, 6.07) is 8.60. The summed E-state index contributed by atoms with van der Waals surface area (Å²) in [5.74, 6) is 0.856. The van der Waals surface area contributed by atoms with E-state index in [9.17, 15) is 0 Å². The number of guanidine groups is 1. The van der Waals surface area contributed by atoms with Crippen LogP contribution in [0.25, 0.3) is 0 Å². The second-order valence-corrected chi connectivity index (χ2v) is 8.37. The van der Waals surface area contributed by atoms with Crippen molar-refractivity contribution < 1.29 is 0 Å². The molecule has 1 aromatic heterocycles. The number of thiazole rings is 1. The molecular formula is C19H26ClN5S. The molecule has 0 amide bonds. The molecule has 1 aromatic carbocycles. The Hall–Kier alpha value is -1.63. The monoisotopic (exact) mass is 391 g/mol. The number of hydrogen-bond donors (Lipinski definition) is 2. The fourth-order valence-electron chi connectivity index (χ4n) is 3.11. The van der Waals surface area contributed by atoms with Crippen molar-refractivity contribution in [3.8, 4) is 0 Å². The predicted octanol–water partition coefficient (Wildman–Crippen LogP) is 3.43. The van der Waals surface area contributed by atoms with Crippen LogP contribution in [0.4, 0.5) is 0 Å². The minimum atomic E-state index is 0.459. The molecule has 2 aromatic rings. The molecule has 5 nitrogen and oxygen atoms in total. The van der Waals surface area contributed by atoms with E-state index in [-0.39, 0.29) is 0 Å². The van der Waals surface area contributed by atoms with Gasteiger partial charge in [-0.15, -0.1) is 11.3 Å². The molecule has 0 spiro atoms. The zero-order valence-corrected chi connectivity index (χ0v) is 16.9. The van der Waals surface area contributed by atoms with E-state index in [0.29, 0.717) is 12.6 Å². The number of benzene rings is 1. The lowest BCUT2D eigenvalue weighted by Gasteiger charge is -2.33. The van der Waals surface area contributed by atoms with Crippen LogP contribution >= 0.6 is 22.9 Å². The van der Waals surface area contributed by atoms with Crippen molar-refractivity contribution >= 4 is 28.9 Å². The van der Waals surface area contributed by atoms with Gasteiger partial charge < -0.3 is 10.6 Å². The molecule has 26 heavy (non-hydrogen) atoms. The third kappa shape index (κ3) is 5.69. The maximum Gasteiger partial charge on any atom is 0.191 e. The predicted molar refractivity (Wildman–Crippen MR) is 110 cm³/mol. The smallest absolute Gasteiger partial charge is 0.191 e. The highest BCUT2D eigenvalue weighted by Gasteiger charge is 2.20. The number of nitrogens with zero attached hydrogens (tertiary/aromatic N) is 3. The first kappa shape index (κ1) is 19.1. The van der Waals surface area contributed by atoms with Gasteiger partial charge >= 0.3 is 0 Å². The third-order valence-corrected chi connectivity index (χ3v) is 5.71. The van der Waals surface area contributed by atoms with E-state index >= 15 is 0 Å². The van der Waals surface area contributed by atoms with E-state index in [0.717, 1.165) is 48.5 Å². The number of piperidine rings is 1. The normalized spacial score (nSPS) is 16.7. The number of rotatable bonds is 5. The Morgan fingerprint density at radius 3 is 2.65 bits per heavy atom. The average Bonchev–Trinajstić information content (AvgIpc) is 3.07. The minimum Gasteiger partial charge on any atom is -0.354 e. The van der Waals surface area contributed by atoms with E-state index in [1.807, 2.05) is 25.4 Å². The highest BCUT2D eigenvalue weighted by molar-refractivity contribution is 7.11. The molecule has 0 atom stereocenters. The molecule has 1 fully saturated rings. The van der Waals surface area contributed by atoms with Crippen LogP contribution in [0.1, 0.15) is 28.3 Å². The van der Waals surface area contributed by atoms with Crippen molar-refractivity contribution in [3.05, 3.63) is 50.9 Å². The second-order valence-electron chi connectivity index (χ2n) is 6.61. The number of aryl methyl sites for hydroxylation is 1. The first-order valence-electron chi connectivity index (χ1n) is 8.97. The van der Waals surface area contributed by atoms with E-state index in [2.05, 4.69) is 44.6 Å². The molecule has 0 aliphatic carbocycles. The SMILES string of the molecule is CN=C(NCc1ncc(C)s1)NC1CCN(Cc2ccc(Cl)cc2)CC1. The van der Waals surface area contributed by atoms with E-state index in [1.54, 1.807) is 11.3 Å². The molecule has 2 N–H and O–H groups in total. The fraction of sp³-hybridized carbons (Fsp3) is 0.474. The third-order valence-electron chi connectivity index (χ3n) is 4.55. The lowest BCUT2D eigenvalue weighted by atomic mass is 10.0. The van der Waals surface area contributed by atoms with Crippen molar-refractivity contribution in [1.29, 1.82) is 0 Å². The molecular weight excluding hydrogens is 366 g/mol. The highest BCUT2D eigenvalue weighted by Crippen LogP contribution is 2.16. The summed E-state index contributed by atoms with van der Waals surface area (Å²) >= 11 is 7.68. The number of hydrogen-bond acceptors (Lipinski definition) is 4. The van der Waals surface area contributed by atoms with Gasteiger partial charge in [0.05, 0.1) is 6.54 Å². The Kier molecular flexibility index (Phi) is 6.88. The van der Waals surface area contributed by atoms with Gasteiger partial charge in [0, 0.05) is 48.8 Å². The zero-order valence-electron chi connectivity index (χ0n) is 15.3. The number of nitrogens with one attached hydrogen (secondary N) is 2. The highest BCUT2D eigenvalue weighted by atomic mass is 35.5. The van der Waals surface area contributed by atoms with Gasteiger partial charge in [0.1, 0.15) is 5.01 Å². The molecule has 1 aliphatic rings. The largest absolute Gasteiger partial charge is 0.354 e. The van der Waals surface area contributed by atoms with Gasteiger partial charge in [0.25, 0.3) is 0 Å². The Balaban J connectivity index is 1.41. The van der Waals surface area contributed by atoms with Crippen LogP contribution in [0, 0.1) is 6.92 Å². The lowest BCUT2D eigenvalue weighted by molar-refractivity contribution is 0.198. The summed E-state index contributed by atoms with van der Waals surface area (Å²) in [7, 11) is 1.82. The van der Waals surface area contributed by atoms with Crippen molar-refractivity contribution in [2.75, 3.05) is 20.1 Å². The maximum atomic E-state index is 5.96. The molecule has 1 saturated heterocycles. The first-order chi connectivity index (χ1) is 12.6. The van der Waals surface area contributed by atoms with Gasteiger partial charge in [-0.3, -0.25) is 9.89 Å². The van der Waals surface area contributed by atoms with E-state index < -0.39 is 0 Å². The first-order valence-corrected chi connectivity index (χ1v) is 10.2. The van der Waals surface area contributed by atoms with Crippen molar-refractivity contribution in [2.24, 2.45) is 4.99 Å². The standard InChI is InChI=1S/C19H26ClN5S/c1-14-11-22-18(26-14)12-23-19(21-2)24-17-7-9-25(10-8-17)13-15-3-5-16(20)6-4-15/h3-6,11,17H,7-10,12-13H2,1-2H3,(H2,21,23,24). The van der Waals surface area contributed by atoms with Crippen molar-refractivity contribution in [3.63, 3.8) is 0 Å². The molecule has 0 saturated carbocycles. The van der Waals surface area contributed by atoms with Crippen LogP contribution in [-0.2, 0) is 13.1 Å². The topological polar surface area (TPSA) is 52.6 Å². The molecule has 0 unspecified atom stereocenters. The Labute approximate surface area is 164 Å². The molecule has 1 aliphatic heterocycles. The molecule has 0 bridgehead atoms. The van der Waals surface area contributed by atoms with E-state index in [1.165, 1.54) is 10.4 Å². The number of aliphatic imine (C=N–C) groups is 1. The summed E-state index contributed by atoms with van der Waals surface area (Å²) in [6.45, 7) is 5.95. The van der Waals surface area contributed by atoms with Crippen molar-refractivity contribution in [1.82, 2.24) is 20.5 Å². The van der Waals surface area contributed by atoms with Gasteiger partial charge in [-0.1, -0.05) is 23.7 Å². The van der Waals surface area contributed by atoms with Crippen LogP contribution in [-0.4, -0.2) is 42.0 Å². The maximum absolute atomic E-state index is 5.96.